The second kappa shape index (κ2) is 8.20. The predicted molar refractivity (Wildman–Crippen MR) is 94.3 cm³/mol. The second-order valence-electron chi connectivity index (χ2n) is 6.25. The lowest BCUT2D eigenvalue weighted by atomic mass is 10.0. The summed E-state index contributed by atoms with van der Waals surface area (Å²) in [6.07, 6.45) is -10.9. The molecule has 0 bridgehead atoms. The summed E-state index contributed by atoms with van der Waals surface area (Å²) < 4.78 is 104. The summed E-state index contributed by atoms with van der Waals surface area (Å²) in [5.74, 6) is -4.42. The van der Waals surface area contributed by atoms with Gasteiger partial charge >= 0.3 is 12.4 Å². The summed E-state index contributed by atoms with van der Waals surface area (Å²) in [4.78, 5) is 11.6. The highest BCUT2D eigenvalue weighted by Crippen LogP contribution is 2.36. The number of sulfone groups is 1. The molecule has 0 aliphatic heterocycles. The summed E-state index contributed by atoms with van der Waals surface area (Å²) in [6.45, 7) is 0. The van der Waals surface area contributed by atoms with Crippen molar-refractivity contribution in [1.29, 1.82) is 5.26 Å². The fraction of sp³-hybridized carbons (Fsp3) is 0.222. The summed E-state index contributed by atoms with van der Waals surface area (Å²) in [6, 6.07) is 8.42. The van der Waals surface area contributed by atoms with Gasteiger partial charge in [-0.3, -0.25) is 4.79 Å². The Morgan fingerprint density at radius 2 is 1.61 bits per heavy atom. The Morgan fingerprint density at radius 1 is 1.03 bits per heavy atom. The molecule has 166 valence electrons. The van der Waals surface area contributed by atoms with Crippen LogP contribution in [-0.4, -0.2) is 37.0 Å². The van der Waals surface area contributed by atoms with Gasteiger partial charge in [-0.2, -0.15) is 31.6 Å². The van der Waals surface area contributed by atoms with Crippen molar-refractivity contribution in [3.63, 3.8) is 0 Å². The third kappa shape index (κ3) is 5.15. The van der Waals surface area contributed by atoms with Gasteiger partial charge in [-0.15, -0.1) is 0 Å². The lowest BCUT2D eigenvalue weighted by Gasteiger charge is -2.29. The number of hydrogen-bond donors (Lipinski definition) is 2. The number of benzene rings is 2. The van der Waals surface area contributed by atoms with Gasteiger partial charge in [0, 0.05) is 5.69 Å². The minimum atomic E-state index is -5.79. The summed E-state index contributed by atoms with van der Waals surface area (Å²) >= 11 is 0. The highest BCUT2D eigenvalue weighted by molar-refractivity contribution is 7.91. The number of alkyl halides is 6. The normalized spacial score (nSPS) is 14.4. The lowest BCUT2D eigenvalue weighted by Crippen LogP contribution is -2.59. The Kier molecular flexibility index (Phi) is 6.39. The highest BCUT2D eigenvalue weighted by atomic mass is 32.2. The van der Waals surface area contributed by atoms with E-state index < -0.39 is 61.2 Å². The Bertz CT molecular complexity index is 1120. The Labute approximate surface area is 171 Å². The van der Waals surface area contributed by atoms with Crippen LogP contribution in [0.3, 0.4) is 0 Å². The SMILES string of the molecule is N#Cc1ccc(NC(=O)C(O)(CS(=O)(=O)c2ccccc2)C(F)(F)F)cc1C(F)(F)F. The third-order valence-corrected chi connectivity index (χ3v) is 5.84. The Morgan fingerprint density at radius 3 is 2.10 bits per heavy atom. The van der Waals surface area contributed by atoms with Crippen LogP contribution in [0.5, 0.6) is 0 Å². The Hall–Kier alpha value is -3.11. The molecule has 0 saturated carbocycles. The van der Waals surface area contributed by atoms with Crippen molar-refractivity contribution in [1.82, 2.24) is 0 Å². The fourth-order valence-electron chi connectivity index (χ4n) is 2.45. The number of rotatable bonds is 5. The number of halogens is 6. The molecule has 2 aromatic carbocycles. The summed E-state index contributed by atoms with van der Waals surface area (Å²) in [5.41, 5.74) is -7.71. The van der Waals surface area contributed by atoms with Crippen molar-refractivity contribution in [2.24, 2.45) is 0 Å². The molecule has 0 radical (unpaired) electrons. The van der Waals surface area contributed by atoms with Gasteiger partial charge < -0.3 is 10.4 Å². The molecule has 0 aliphatic carbocycles. The van der Waals surface area contributed by atoms with Gasteiger partial charge in [-0.05, 0) is 30.3 Å². The van der Waals surface area contributed by atoms with Crippen molar-refractivity contribution in [3.8, 4) is 6.07 Å². The maximum atomic E-state index is 13.5. The molecular formula is C18H12F6N2O4S. The average Bonchev–Trinajstić information content (AvgIpc) is 2.66. The van der Waals surface area contributed by atoms with Crippen LogP contribution in [0.15, 0.2) is 53.4 Å². The molecular weight excluding hydrogens is 454 g/mol. The average molecular weight is 466 g/mol. The second-order valence-corrected chi connectivity index (χ2v) is 8.24. The molecule has 6 nitrogen and oxygen atoms in total. The first-order valence-corrected chi connectivity index (χ1v) is 9.77. The molecule has 0 aromatic heterocycles. The zero-order valence-corrected chi connectivity index (χ0v) is 15.9. The number of nitrogens with zero attached hydrogens (tertiary/aromatic N) is 1. The van der Waals surface area contributed by atoms with Crippen LogP contribution in [0.4, 0.5) is 32.0 Å². The van der Waals surface area contributed by atoms with Crippen molar-refractivity contribution in [3.05, 3.63) is 59.7 Å². The molecule has 0 saturated heterocycles. The number of carbonyl (C=O) groups excluding carboxylic acids is 1. The number of hydrogen-bond acceptors (Lipinski definition) is 5. The van der Waals surface area contributed by atoms with Crippen LogP contribution < -0.4 is 5.32 Å². The minimum Gasteiger partial charge on any atom is -0.372 e. The highest BCUT2D eigenvalue weighted by Gasteiger charge is 2.61. The van der Waals surface area contributed by atoms with Gasteiger partial charge in [-0.1, -0.05) is 18.2 Å². The van der Waals surface area contributed by atoms with Gasteiger partial charge in [0.1, 0.15) is 5.75 Å². The van der Waals surface area contributed by atoms with E-state index in [9.17, 15) is 44.7 Å². The molecule has 0 aliphatic rings. The molecule has 1 amide bonds. The van der Waals surface area contributed by atoms with E-state index in [1.807, 2.05) is 0 Å². The number of amides is 1. The van der Waals surface area contributed by atoms with Crippen LogP contribution in [0, 0.1) is 11.3 Å². The molecule has 13 heteroatoms. The first kappa shape index (κ1) is 24.2. The fourth-order valence-corrected chi connectivity index (χ4v) is 4.03. The molecule has 2 aromatic rings. The lowest BCUT2D eigenvalue weighted by molar-refractivity contribution is -0.241. The van der Waals surface area contributed by atoms with E-state index in [-0.39, 0.29) is 6.07 Å². The van der Waals surface area contributed by atoms with E-state index in [0.29, 0.717) is 12.1 Å². The van der Waals surface area contributed by atoms with Crippen molar-refractivity contribution in [2.75, 3.05) is 11.1 Å². The van der Waals surface area contributed by atoms with Gasteiger partial charge in [0.25, 0.3) is 11.5 Å². The number of carbonyl (C=O) groups is 1. The van der Waals surface area contributed by atoms with Crippen molar-refractivity contribution < 1.29 is 44.7 Å². The smallest absolute Gasteiger partial charge is 0.372 e. The standard InChI is InChI=1S/C18H12F6N2O4S/c19-17(20,21)14-8-12(7-6-11(14)9-25)26-15(27)16(28,18(22,23)24)10-31(29,30)13-4-2-1-3-5-13/h1-8,28H,10H2,(H,26,27). The van der Waals surface area contributed by atoms with Gasteiger partial charge in [-0.25, -0.2) is 8.42 Å². The van der Waals surface area contributed by atoms with Crippen LogP contribution in [0.25, 0.3) is 0 Å². The quantitative estimate of drug-likeness (QED) is 0.658. The molecule has 1 atom stereocenters. The van der Waals surface area contributed by atoms with E-state index in [0.717, 1.165) is 12.1 Å². The van der Waals surface area contributed by atoms with E-state index in [4.69, 9.17) is 5.26 Å². The van der Waals surface area contributed by atoms with Gasteiger partial charge in [0.2, 0.25) is 0 Å². The van der Waals surface area contributed by atoms with E-state index in [2.05, 4.69) is 0 Å². The van der Waals surface area contributed by atoms with Crippen molar-refractivity contribution >= 4 is 21.4 Å². The molecule has 0 heterocycles. The van der Waals surface area contributed by atoms with Crippen molar-refractivity contribution in [2.45, 2.75) is 22.8 Å². The van der Waals surface area contributed by atoms with E-state index in [1.54, 1.807) is 0 Å². The maximum absolute atomic E-state index is 13.5. The van der Waals surface area contributed by atoms with Crippen LogP contribution in [0.1, 0.15) is 11.1 Å². The number of aliphatic hydroxyl groups is 1. The number of anilines is 1. The molecule has 0 fully saturated rings. The molecule has 1 unspecified atom stereocenters. The maximum Gasteiger partial charge on any atom is 0.427 e. The monoisotopic (exact) mass is 466 g/mol. The van der Waals surface area contributed by atoms with Crippen LogP contribution in [-0.2, 0) is 20.8 Å². The van der Waals surface area contributed by atoms with Crippen LogP contribution in [0.2, 0.25) is 0 Å². The Balaban J connectivity index is 2.45. The number of nitriles is 1. The first-order valence-electron chi connectivity index (χ1n) is 8.11. The number of nitrogens with one attached hydrogen (secondary N) is 1. The minimum absolute atomic E-state index is 0.193. The first-order chi connectivity index (χ1) is 14.1. The van der Waals surface area contributed by atoms with Gasteiger partial charge in [0.05, 0.1) is 22.1 Å². The summed E-state index contributed by atoms with van der Waals surface area (Å²) in [5, 5.41) is 20.2. The zero-order chi connectivity index (χ0) is 23.7. The molecule has 2 N–H and O–H groups in total. The van der Waals surface area contributed by atoms with E-state index >= 15 is 0 Å². The largest absolute Gasteiger partial charge is 0.427 e. The van der Waals surface area contributed by atoms with Crippen LogP contribution >= 0.6 is 0 Å². The predicted octanol–water partition coefficient (Wildman–Crippen LogP) is 3.28. The molecule has 31 heavy (non-hydrogen) atoms. The third-order valence-electron chi connectivity index (χ3n) is 4.05. The van der Waals surface area contributed by atoms with Gasteiger partial charge in [0.15, 0.2) is 9.84 Å². The summed E-state index contributed by atoms with van der Waals surface area (Å²) in [7, 11) is -4.83. The topological polar surface area (TPSA) is 107 Å². The molecule has 2 rings (SSSR count). The molecule has 0 spiro atoms. The zero-order valence-electron chi connectivity index (χ0n) is 15.1. The van der Waals surface area contributed by atoms with E-state index in [1.165, 1.54) is 29.6 Å².